The fourth-order valence-electron chi connectivity index (χ4n) is 3.09. The minimum absolute atomic E-state index is 0.207. The summed E-state index contributed by atoms with van der Waals surface area (Å²) in [6.45, 7) is 15.0. The number of nitrogens with zero attached hydrogens (tertiary/aromatic N) is 3. The van der Waals surface area contributed by atoms with Crippen LogP contribution in [-0.2, 0) is 4.43 Å². The average Bonchev–Trinajstić information content (AvgIpc) is 3.37. The third-order valence-corrected chi connectivity index (χ3v) is 11.5. The summed E-state index contributed by atoms with van der Waals surface area (Å²) in [5.74, 6) is 0. The largest absolute Gasteiger partial charge is 0.415 e. The molecule has 1 heterocycles. The van der Waals surface area contributed by atoms with Gasteiger partial charge in [-0.15, -0.1) is 11.3 Å². The molecule has 150 valence electrons. The topological polar surface area (TPSA) is 49.2 Å². The molecule has 0 amide bonds. The Morgan fingerprint density at radius 3 is 2.57 bits per heavy atom. The van der Waals surface area contributed by atoms with Gasteiger partial charge < -0.3 is 9.33 Å². The summed E-state index contributed by atoms with van der Waals surface area (Å²) in [7, 11) is -1.77. The van der Waals surface area contributed by atoms with Crippen molar-refractivity contribution in [2.24, 2.45) is 0 Å². The first-order valence-corrected chi connectivity index (χ1v) is 13.8. The molecule has 6 heteroatoms. The molecule has 0 spiro atoms. The molecule has 1 aromatic heterocycles. The quantitative estimate of drug-likeness (QED) is 0.524. The van der Waals surface area contributed by atoms with E-state index in [1.165, 1.54) is 17.7 Å². The van der Waals surface area contributed by atoms with Gasteiger partial charge in [0.15, 0.2) is 8.32 Å². The predicted octanol–water partition coefficient (Wildman–Crippen LogP) is 5.98. The van der Waals surface area contributed by atoms with Gasteiger partial charge in [-0.1, -0.05) is 26.8 Å². The maximum absolute atomic E-state index is 9.70. The normalized spacial score (nSPS) is 14.8. The van der Waals surface area contributed by atoms with Gasteiger partial charge in [0.2, 0.25) is 0 Å². The van der Waals surface area contributed by atoms with Gasteiger partial charge in [0, 0.05) is 12.6 Å². The third-order valence-electron chi connectivity index (χ3n) is 6.02. The highest BCUT2D eigenvalue weighted by Crippen LogP contribution is 2.39. The second-order valence-corrected chi connectivity index (χ2v) is 14.8. The standard InChI is InChI=1S/C22H31N3OSSi/c1-16-21(27-15-24-16)17-7-8-18(14-23)20(13-17)25(19-9-10-19)11-12-26-28(5,6)22(2,3)4/h7-8,13,15,19H,9-12H2,1-6H3. The van der Waals surface area contributed by atoms with Crippen LogP contribution in [0.5, 0.6) is 0 Å². The van der Waals surface area contributed by atoms with Crippen LogP contribution in [0.15, 0.2) is 23.7 Å². The predicted molar refractivity (Wildman–Crippen MR) is 121 cm³/mol. The van der Waals surface area contributed by atoms with Crippen molar-refractivity contribution in [3.8, 4) is 16.5 Å². The van der Waals surface area contributed by atoms with Crippen molar-refractivity contribution in [1.82, 2.24) is 4.98 Å². The molecule has 0 bridgehead atoms. The zero-order chi connectivity index (χ0) is 20.5. The van der Waals surface area contributed by atoms with E-state index in [1.54, 1.807) is 11.3 Å². The molecule has 1 aromatic carbocycles. The summed E-state index contributed by atoms with van der Waals surface area (Å²) in [6, 6.07) is 9.08. The summed E-state index contributed by atoms with van der Waals surface area (Å²) < 4.78 is 6.43. The minimum Gasteiger partial charge on any atom is -0.415 e. The van der Waals surface area contributed by atoms with E-state index >= 15 is 0 Å². The molecular formula is C22H31N3OSSi. The molecule has 0 aliphatic heterocycles. The molecular weight excluding hydrogens is 382 g/mol. The summed E-state index contributed by atoms with van der Waals surface area (Å²) >= 11 is 1.65. The SMILES string of the molecule is Cc1ncsc1-c1ccc(C#N)c(N(CCO[Si](C)(C)C(C)(C)C)C2CC2)c1. The van der Waals surface area contributed by atoms with Crippen molar-refractivity contribution in [2.45, 2.75) is 64.7 Å². The van der Waals surface area contributed by atoms with Crippen LogP contribution in [-0.4, -0.2) is 32.5 Å². The van der Waals surface area contributed by atoms with Crippen LogP contribution in [0.25, 0.3) is 10.4 Å². The second kappa shape index (κ2) is 7.98. The zero-order valence-electron chi connectivity index (χ0n) is 17.9. The van der Waals surface area contributed by atoms with E-state index in [-0.39, 0.29) is 5.04 Å². The maximum Gasteiger partial charge on any atom is 0.192 e. The Labute approximate surface area is 174 Å². The van der Waals surface area contributed by atoms with Crippen LogP contribution in [0.3, 0.4) is 0 Å². The Balaban J connectivity index is 1.84. The van der Waals surface area contributed by atoms with Gasteiger partial charge in [-0.05, 0) is 55.6 Å². The number of thiazole rings is 1. The number of aromatic nitrogens is 1. The van der Waals surface area contributed by atoms with E-state index in [9.17, 15) is 5.26 Å². The Bertz CT molecular complexity index is 875. The van der Waals surface area contributed by atoms with Crippen molar-refractivity contribution in [3.05, 3.63) is 35.0 Å². The molecule has 0 unspecified atom stereocenters. The Hall–Kier alpha value is -1.68. The van der Waals surface area contributed by atoms with Gasteiger partial charge in [-0.25, -0.2) is 4.98 Å². The molecule has 1 aliphatic rings. The average molecular weight is 414 g/mol. The minimum atomic E-state index is -1.77. The van der Waals surface area contributed by atoms with Crippen LogP contribution in [0.1, 0.15) is 44.9 Å². The number of anilines is 1. The fraction of sp³-hybridized carbons (Fsp3) is 0.545. The van der Waals surface area contributed by atoms with Crippen LogP contribution in [0.4, 0.5) is 5.69 Å². The molecule has 2 aromatic rings. The number of rotatable bonds is 7. The van der Waals surface area contributed by atoms with E-state index in [0.717, 1.165) is 29.1 Å². The molecule has 0 N–H and O–H groups in total. The highest BCUT2D eigenvalue weighted by atomic mass is 32.1. The fourth-order valence-corrected chi connectivity index (χ4v) is 4.92. The van der Waals surface area contributed by atoms with E-state index in [4.69, 9.17) is 4.43 Å². The number of benzene rings is 1. The first-order valence-electron chi connectivity index (χ1n) is 9.99. The molecule has 0 saturated heterocycles. The van der Waals surface area contributed by atoms with E-state index in [2.05, 4.69) is 55.9 Å². The molecule has 0 radical (unpaired) electrons. The van der Waals surface area contributed by atoms with Gasteiger partial charge in [0.1, 0.15) is 6.07 Å². The summed E-state index contributed by atoms with van der Waals surface area (Å²) in [5, 5.41) is 9.90. The highest BCUT2D eigenvalue weighted by Gasteiger charge is 2.37. The van der Waals surface area contributed by atoms with Crippen molar-refractivity contribution in [1.29, 1.82) is 5.26 Å². The van der Waals surface area contributed by atoms with Crippen molar-refractivity contribution < 1.29 is 4.43 Å². The Morgan fingerprint density at radius 2 is 2.04 bits per heavy atom. The highest BCUT2D eigenvalue weighted by molar-refractivity contribution is 7.13. The summed E-state index contributed by atoms with van der Waals surface area (Å²) in [5.41, 5.74) is 5.85. The van der Waals surface area contributed by atoms with E-state index in [0.29, 0.717) is 12.6 Å². The van der Waals surface area contributed by atoms with Gasteiger partial charge in [-0.3, -0.25) is 0 Å². The smallest absolute Gasteiger partial charge is 0.192 e. The number of aryl methyl sites for hydroxylation is 1. The molecule has 3 rings (SSSR count). The van der Waals surface area contributed by atoms with Gasteiger partial charge in [0.25, 0.3) is 0 Å². The zero-order valence-corrected chi connectivity index (χ0v) is 19.7. The number of nitriles is 1. The van der Waals surface area contributed by atoms with Crippen LogP contribution in [0, 0.1) is 18.3 Å². The van der Waals surface area contributed by atoms with Crippen LogP contribution in [0.2, 0.25) is 18.1 Å². The van der Waals surface area contributed by atoms with Crippen LogP contribution < -0.4 is 4.90 Å². The molecule has 0 atom stereocenters. The molecule has 4 nitrogen and oxygen atoms in total. The lowest BCUT2D eigenvalue weighted by atomic mass is 10.1. The first-order chi connectivity index (χ1) is 13.1. The van der Waals surface area contributed by atoms with Crippen LogP contribution >= 0.6 is 11.3 Å². The van der Waals surface area contributed by atoms with Gasteiger partial charge in [-0.2, -0.15) is 5.26 Å². The monoisotopic (exact) mass is 413 g/mol. The lowest BCUT2D eigenvalue weighted by Gasteiger charge is -2.37. The number of hydrogen-bond acceptors (Lipinski definition) is 5. The summed E-state index contributed by atoms with van der Waals surface area (Å²) in [4.78, 5) is 7.96. The van der Waals surface area contributed by atoms with Crippen molar-refractivity contribution >= 4 is 25.3 Å². The van der Waals surface area contributed by atoms with E-state index < -0.39 is 8.32 Å². The third kappa shape index (κ3) is 4.48. The molecule has 1 saturated carbocycles. The lowest BCUT2D eigenvalue weighted by molar-refractivity contribution is 0.293. The maximum atomic E-state index is 9.70. The molecule has 1 fully saturated rings. The van der Waals surface area contributed by atoms with E-state index in [1.807, 2.05) is 24.6 Å². The van der Waals surface area contributed by atoms with Crippen molar-refractivity contribution in [2.75, 3.05) is 18.1 Å². The van der Waals surface area contributed by atoms with Crippen molar-refractivity contribution in [3.63, 3.8) is 0 Å². The first kappa shape index (κ1) is 21.0. The lowest BCUT2D eigenvalue weighted by Crippen LogP contribution is -2.43. The molecule has 28 heavy (non-hydrogen) atoms. The van der Waals surface area contributed by atoms with Gasteiger partial charge in [0.05, 0.1) is 33.9 Å². The Kier molecular flexibility index (Phi) is 5.99. The second-order valence-electron chi connectivity index (χ2n) is 9.14. The summed E-state index contributed by atoms with van der Waals surface area (Å²) in [6.07, 6.45) is 2.38. The van der Waals surface area contributed by atoms with Gasteiger partial charge >= 0.3 is 0 Å². The number of hydrogen-bond donors (Lipinski definition) is 0. The Morgan fingerprint density at radius 1 is 1.32 bits per heavy atom. The molecule has 1 aliphatic carbocycles.